The van der Waals surface area contributed by atoms with Gasteiger partial charge in [-0.3, -0.25) is 4.79 Å². The number of nitrogens with one attached hydrogen (secondary N) is 1. The third-order valence-corrected chi connectivity index (χ3v) is 4.80. The minimum atomic E-state index is -0.135. The van der Waals surface area contributed by atoms with E-state index in [2.05, 4.69) is 15.3 Å². The topological polar surface area (TPSA) is 64.1 Å². The Kier molecular flexibility index (Phi) is 6.33. The molecule has 0 fully saturated rings. The largest absolute Gasteiger partial charge is 0.439 e. The average molecular weight is 409 g/mol. The molecule has 1 amide bonds. The molecular formula is C26H23N3O2. The van der Waals surface area contributed by atoms with Crippen LogP contribution in [0.25, 0.3) is 11.4 Å². The molecule has 0 radical (unpaired) electrons. The molecule has 0 spiro atoms. The normalized spacial score (nSPS) is 10.5. The smallest absolute Gasteiger partial charge is 0.251 e. The van der Waals surface area contributed by atoms with Gasteiger partial charge in [-0.25, -0.2) is 4.98 Å². The first kappa shape index (κ1) is 20.3. The van der Waals surface area contributed by atoms with Crippen LogP contribution in [-0.2, 0) is 6.42 Å². The number of hydrogen-bond donors (Lipinski definition) is 1. The van der Waals surface area contributed by atoms with Crippen molar-refractivity contribution in [3.8, 4) is 23.0 Å². The van der Waals surface area contributed by atoms with E-state index in [-0.39, 0.29) is 5.91 Å². The van der Waals surface area contributed by atoms with Crippen LogP contribution in [0.2, 0.25) is 0 Å². The molecule has 5 heteroatoms. The summed E-state index contributed by atoms with van der Waals surface area (Å²) >= 11 is 0. The summed E-state index contributed by atoms with van der Waals surface area (Å²) in [5.74, 6) is 1.42. The number of nitrogens with zero attached hydrogens (tertiary/aromatic N) is 2. The summed E-state index contributed by atoms with van der Waals surface area (Å²) in [6.45, 7) is 2.61. The first-order valence-electron chi connectivity index (χ1n) is 10.2. The molecule has 0 aliphatic heterocycles. The summed E-state index contributed by atoms with van der Waals surface area (Å²) in [4.78, 5) is 21.3. The maximum Gasteiger partial charge on any atom is 0.251 e. The first-order chi connectivity index (χ1) is 15.2. The Morgan fingerprint density at radius 1 is 0.935 bits per heavy atom. The van der Waals surface area contributed by atoms with E-state index in [1.54, 1.807) is 36.5 Å². The molecule has 4 rings (SSSR count). The third-order valence-electron chi connectivity index (χ3n) is 4.80. The standard InChI is InChI=1S/C26H23N3O2/c1-19-10-12-21(13-11-19)25-27-17-15-24(29-25)31-23-9-5-8-22(18-23)26(30)28-16-14-20-6-3-2-4-7-20/h2-13,15,17-18H,14,16H2,1H3,(H,28,30). The van der Waals surface area contributed by atoms with Crippen molar-refractivity contribution >= 4 is 5.91 Å². The van der Waals surface area contributed by atoms with Gasteiger partial charge < -0.3 is 10.1 Å². The Labute approximate surface area is 181 Å². The number of rotatable bonds is 7. The van der Waals surface area contributed by atoms with Crippen LogP contribution >= 0.6 is 0 Å². The predicted molar refractivity (Wildman–Crippen MR) is 121 cm³/mol. The Bertz CT molecular complexity index is 1160. The lowest BCUT2D eigenvalue weighted by molar-refractivity contribution is 0.0954. The van der Waals surface area contributed by atoms with Crippen molar-refractivity contribution in [2.45, 2.75) is 13.3 Å². The number of amides is 1. The molecule has 31 heavy (non-hydrogen) atoms. The van der Waals surface area contributed by atoms with Crippen LogP contribution in [0.3, 0.4) is 0 Å². The molecule has 0 saturated carbocycles. The summed E-state index contributed by atoms with van der Waals surface area (Å²) in [7, 11) is 0. The van der Waals surface area contributed by atoms with Gasteiger partial charge in [-0.1, -0.05) is 66.2 Å². The van der Waals surface area contributed by atoms with E-state index in [1.165, 1.54) is 11.1 Å². The molecule has 0 atom stereocenters. The van der Waals surface area contributed by atoms with Gasteiger partial charge in [0.1, 0.15) is 5.75 Å². The number of hydrogen-bond acceptors (Lipinski definition) is 4. The molecule has 1 N–H and O–H groups in total. The average Bonchev–Trinajstić information content (AvgIpc) is 2.80. The zero-order chi connectivity index (χ0) is 21.5. The Morgan fingerprint density at radius 3 is 2.55 bits per heavy atom. The SMILES string of the molecule is Cc1ccc(-c2nccc(Oc3cccc(C(=O)NCCc4ccccc4)c3)n2)cc1. The van der Waals surface area contributed by atoms with E-state index < -0.39 is 0 Å². The molecule has 0 aliphatic carbocycles. The van der Waals surface area contributed by atoms with Crippen LogP contribution in [0.4, 0.5) is 0 Å². The van der Waals surface area contributed by atoms with Crippen molar-refractivity contribution in [3.05, 3.63) is 108 Å². The van der Waals surface area contributed by atoms with Gasteiger partial charge in [0, 0.05) is 29.9 Å². The third kappa shape index (κ3) is 5.54. The van der Waals surface area contributed by atoms with Gasteiger partial charge in [-0.15, -0.1) is 0 Å². The molecule has 3 aromatic carbocycles. The Morgan fingerprint density at radius 2 is 1.74 bits per heavy atom. The number of aryl methyl sites for hydroxylation is 1. The van der Waals surface area contributed by atoms with Gasteiger partial charge in [0.25, 0.3) is 5.91 Å². The minimum absolute atomic E-state index is 0.135. The van der Waals surface area contributed by atoms with E-state index in [0.717, 1.165) is 12.0 Å². The molecule has 4 aromatic rings. The molecule has 0 aliphatic rings. The zero-order valence-corrected chi connectivity index (χ0v) is 17.3. The van der Waals surface area contributed by atoms with E-state index >= 15 is 0 Å². The van der Waals surface area contributed by atoms with Crippen molar-refractivity contribution in [2.24, 2.45) is 0 Å². The second-order valence-corrected chi connectivity index (χ2v) is 7.21. The summed E-state index contributed by atoms with van der Waals surface area (Å²) in [5.41, 5.74) is 3.82. The highest BCUT2D eigenvalue weighted by atomic mass is 16.5. The number of benzene rings is 3. The van der Waals surface area contributed by atoms with Crippen LogP contribution in [0.5, 0.6) is 11.6 Å². The van der Waals surface area contributed by atoms with E-state index in [0.29, 0.717) is 29.6 Å². The zero-order valence-electron chi connectivity index (χ0n) is 17.3. The highest BCUT2D eigenvalue weighted by Crippen LogP contribution is 2.23. The van der Waals surface area contributed by atoms with Crippen molar-refractivity contribution < 1.29 is 9.53 Å². The second kappa shape index (κ2) is 9.67. The lowest BCUT2D eigenvalue weighted by Gasteiger charge is -2.09. The highest BCUT2D eigenvalue weighted by Gasteiger charge is 2.09. The van der Waals surface area contributed by atoms with Gasteiger partial charge >= 0.3 is 0 Å². The van der Waals surface area contributed by atoms with Crippen LogP contribution in [-0.4, -0.2) is 22.4 Å². The molecule has 1 heterocycles. The van der Waals surface area contributed by atoms with Gasteiger partial charge in [0.15, 0.2) is 5.82 Å². The highest BCUT2D eigenvalue weighted by molar-refractivity contribution is 5.94. The van der Waals surface area contributed by atoms with Crippen molar-refractivity contribution in [3.63, 3.8) is 0 Å². The number of carbonyl (C=O) groups excluding carboxylic acids is 1. The van der Waals surface area contributed by atoms with Crippen LogP contribution in [0.1, 0.15) is 21.5 Å². The fraction of sp³-hybridized carbons (Fsp3) is 0.115. The fourth-order valence-corrected chi connectivity index (χ4v) is 3.13. The summed E-state index contributed by atoms with van der Waals surface area (Å²) in [5, 5.41) is 2.95. The molecular weight excluding hydrogens is 386 g/mol. The van der Waals surface area contributed by atoms with E-state index in [4.69, 9.17) is 4.74 Å². The lowest BCUT2D eigenvalue weighted by atomic mass is 10.1. The quantitative estimate of drug-likeness (QED) is 0.455. The Hall–Kier alpha value is -3.99. The summed E-state index contributed by atoms with van der Waals surface area (Å²) in [6.07, 6.45) is 2.45. The van der Waals surface area contributed by atoms with Crippen molar-refractivity contribution in [2.75, 3.05) is 6.54 Å². The van der Waals surface area contributed by atoms with Crippen LogP contribution in [0.15, 0.2) is 91.1 Å². The van der Waals surface area contributed by atoms with Gasteiger partial charge in [-0.05, 0) is 37.1 Å². The molecule has 5 nitrogen and oxygen atoms in total. The van der Waals surface area contributed by atoms with Gasteiger partial charge in [0.2, 0.25) is 5.88 Å². The lowest BCUT2D eigenvalue weighted by Crippen LogP contribution is -2.25. The Balaban J connectivity index is 1.41. The maximum absolute atomic E-state index is 12.5. The molecule has 0 unspecified atom stereocenters. The maximum atomic E-state index is 12.5. The van der Waals surface area contributed by atoms with Gasteiger partial charge in [-0.2, -0.15) is 4.98 Å². The molecule has 154 valence electrons. The summed E-state index contributed by atoms with van der Waals surface area (Å²) < 4.78 is 5.90. The monoisotopic (exact) mass is 409 g/mol. The van der Waals surface area contributed by atoms with Crippen molar-refractivity contribution in [1.82, 2.24) is 15.3 Å². The van der Waals surface area contributed by atoms with E-state index in [9.17, 15) is 4.79 Å². The molecule has 1 aromatic heterocycles. The van der Waals surface area contributed by atoms with Crippen molar-refractivity contribution in [1.29, 1.82) is 0 Å². The summed E-state index contributed by atoms with van der Waals surface area (Å²) in [6, 6.07) is 26.8. The van der Waals surface area contributed by atoms with Crippen LogP contribution in [0, 0.1) is 6.92 Å². The predicted octanol–water partition coefficient (Wildman–Crippen LogP) is 5.22. The van der Waals surface area contributed by atoms with Crippen LogP contribution < -0.4 is 10.1 Å². The molecule has 0 saturated heterocycles. The van der Waals surface area contributed by atoms with E-state index in [1.807, 2.05) is 61.5 Å². The number of aromatic nitrogens is 2. The van der Waals surface area contributed by atoms with Gasteiger partial charge in [0.05, 0.1) is 0 Å². The minimum Gasteiger partial charge on any atom is -0.439 e. The number of carbonyl (C=O) groups is 1. The fourth-order valence-electron chi connectivity index (χ4n) is 3.13. The molecule has 0 bridgehead atoms. The first-order valence-corrected chi connectivity index (χ1v) is 10.2. The second-order valence-electron chi connectivity index (χ2n) is 7.21. The number of ether oxygens (including phenoxy) is 1.